The monoisotopic (exact) mass is 563 g/mol. The van der Waals surface area contributed by atoms with Gasteiger partial charge >= 0.3 is 6.03 Å². The second-order valence-electron chi connectivity index (χ2n) is 9.84. The van der Waals surface area contributed by atoms with Gasteiger partial charge in [0.15, 0.2) is 0 Å². The number of aryl methyl sites for hydroxylation is 2. The molecule has 0 bridgehead atoms. The van der Waals surface area contributed by atoms with Crippen molar-refractivity contribution in [3.8, 4) is 16.9 Å². The third kappa shape index (κ3) is 7.19. The van der Waals surface area contributed by atoms with Gasteiger partial charge < -0.3 is 15.5 Å². The molecule has 0 atom stereocenters. The number of hydrogen-bond donors (Lipinski definition) is 2. The van der Waals surface area contributed by atoms with Crippen LogP contribution < -0.4 is 10.6 Å². The van der Waals surface area contributed by atoms with Crippen molar-refractivity contribution in [1.29, 1.82) is 0 Å². The summed E-state index contributed by atoms with van der Waals surface area (Å²) in [5.41, 5.74) is 5.09. The van der Waals surface area contributed by atoms with E-state index in [4.69, 9.17) is 28.3 Å². The zero-order valence-electron chi connectivity index (χ0n) is 22.3. The lowest BCUT2D eigenvalue weighted by Gasteiger charge is -2.24. The topological polar surface area (TPSA) is 79.3 Å². The average Bonchev–Trinajstić information content (AvgIpc) is 3.31. The van der Waals surface area contributed by atoms with Crippen LogP contribution in [0.25, 0.3) is 16.9 Å². The number of benzene rings is 3. The van der Waals surface area contributed by atoms with Crippen molar-refractivity contribution in [2.45, 2.75) is 27.7 Å². The number of carbonyl (C=O) groups is 2. The van der Waals surface area contributed by atoms with Crippen molar-refractivity contribution >= 4 is 46.6 Å². The number of hydrogen-bond acceptors (Lipinski definition) is 3. The van der Waals surface area contributed by atoms with Gasteiger partial charge in [-0.25, -0.2) is 9.48 Å². The lowest BCUT2D eigenvalue weighted by molar-refractivity contribution is -0.116. The number of halogens is 2. The molecule has 4 rings (SSSR count). The molecule has 1 heterocycles. The molecule has 9 heteroatoms. The van der Waals surface area contributed by atoms with Crippen LogP contribution in [0.2, 0.25) is 10.0 Å². The molecular formula is C30H31Cl2N5O2. The van der Waals surface area contributed by atoms with Gasteiger partial charge in [-0.15, -0.1) is 0 Å². The third-order valence-corrected chi connectivity index (χ3v) is 6.90. The minimum Gasteiger partial charge on any atom is -0.315 e. The van der Waals surface area contributed by atoms with E-state index in [1.165, 1.54) is 4.90 Å². The third-order valence-electron chi connectivity index (χ3n) is 6.16. The average molecular weight is 565 g/mol. The van der Waals surface area contributed by atoms with Crippen LogP contribution in [-0.2, 0) is 4.79 Å². The van der Waals surface area contributed by atoms with E-state index in [2.05, 4.69) is 10.6 Å². The number of anilines is 2. The molecule has 0 aliphatic heterocycles. The number of urea groups is 1. The molecule has 4 aromatic rings. The van der Waals surface area contributed by atoms with Crippen LogP contribution in [0.1, 0.15) is 25.0 Å². The van der Waals surface area contributed by atoms with Crippen LogP contribution in [0.4, 0.5) is 16.3 Å². The van der Waals surface area contributed by atoms with Gasteiger partial charge in [-0.3, -0.25) is 4.79 Å². The number of aromatic nitrogens is 2. The van der Waals surface area contributed by atoms with Crippen molar-refractivity contribution in [1.82, 2.24) is 14.7 Å². The Morgan fingerprint density at radius 2 is 1.64 bits per heavy atom. The van der Waals surface area contributed by atoms with E-state index in [1.807, 2.05) is 76.2 Å². The van der Waals surface area contributed by atoms with Crippen molar-refractivity contribution in [3.05, 3.63) is 94.0 Å². The van der Waals surface area contributed by atoms with Crippen LogP contribution in [-0.4, -0.2) is 39.7 Å². The molecule has 0 saturated carbocycles. The van der Waals surface area contributed by atoms with Crippen molar-refractivity contribution in [2.24, 2.45) is 5.92 Å². The van der Waals surface area contributed by atoms with E-state index >= 15 is 0 Å². The van der Waals surface area contributed by atoms with Gasteiger partial charge in [0.1, 0.15) is 12.4 Å². The molecule has 0 aliphatic carbocycles. The Hall–Kier alpha value is -3.81. The molecule has 2 N–H and O–H groups in total. The lowest BCUT2D eigenvalue weighted by Crippen LogP contribution is -2.42. The Balaban J connectivity index is 1.58. The smallest absolute Gasteiger partial charge is 0.315 e. The molecule has 0 saturated heterocycles. The first kappa shape index (κ1) is 28.2. The predicted molar refractivity (Wildman–Crippen MR) is 159 cm³/mol. The second-order valence-corrected chi connectivity index (χ2v) is 10.7. The Labute approximate surface area is 238 Å². The maximum Gasteiger partial charge on any atom is 0.322 e. The minimum atomic E-state index is -0.355. The van der Waals surface area contributed by atoms with Gasteiger partial charge in [0.05, 0.1) is 21.4 Å². The summed E-state index contributed by atoms with van der Waals surface area (Å²) in [6.45, 7) is 8.28. The van der Waals surface area contributed by atoms with Crippen molar-refractivity contribution in [2.75, 3.05) is 23.7 Å². The Morgan fingerprint density at radius 3 is 2.31 bits per heavy atom. The largest absolute Gasteiger partial charge is 0.322 e. The van der Waals surface area contributed by atoms with Crippen LogP contribution in [0, 0.1) is 19.8 Å². The molecule has 0 radical (unpaired) electrons. The minimum absolute atomic E-state index is 0.137. The van der Waals surface area contributed by atoms with Gasteiger partial charge in [0.2, 0.25) is 5.91 Å². The van der Waals surface area contributed by atoms with Gasteiger partial charge in [-0.1, -0.05) is 73.4 Å². The lowest BCUT2D eigenvalue weighted by atomic mass is 10.1. The van der Waals surface area contributed by atoms with E-state index in [0.29, 0.717) is 39.5 Å². The first-order valence-electron chi connectivity index (χ1n) is 12.6. The van der Waals surface area contributed by atoms with Crippen molar-refractivity contribution < 1.29 is 9.59 Å². The zero-order chi connectivity index (χ0) is 28.1. The molecule has 0 spiro atoms. The molecule has 0 aliphatic rings. The summed E-state index contributed by atoms with van der Waals surface area (Å²) in [7, 11) is 0. The highest BCUT2D eigenvalue weighted by Crippen LogP contribution is 2.29. The SMILES string of the molecule is Cc1ccc(NC(=O)N(CC(=O)Nc2cc(-c3ccccc3)nn2-c2ccc(Cl)c(Cl)c2)CC(C)C)cc1C. The highest BCUT2D eigenvalue weighted by Gasteiger charge is 2.21. The van der Waals surface area contributed by atoms with Crippen LogP contribution in [0.5, 0.6) is 0 Å². The van der Waals surface area contributed by atoms with Gasteiger partial charge in [0, 0.05) is 23.9 Å². The number of nitrogens with one attached hydrogen (secondary N) is 2. The first-order valence-corrected chi connectivity index (χ1v) is 13.4. The van der Waals surface area contributed by atoms with Crippen LogP contribution >= 0.6 is 23.2 Å². The molecule has 202 valence electrons. The highest BCUT2D eigenvalue weighted by atomic mass is 35.5. The van der Waals surface area contributed by atoms with Gasteiger partial charge in [-0.2, -0.15) is 5.10 Å². The Bertz CT molecular complexity index is 1480. The number of nitrogens with zero attached hydrogens (tertiary/aromatic N) is 3. The van der Waals surface area contributed by atoms with Crippen LogP contribution in [0.15, 0.2) is 72.8 Å². The summed E-state index contributed by atoms with van der Waals surface area (Å²) in [5.74, 6) is 0.248. The standard InChI is InChI=1S/C30H31Cl2N5O2/c1-19(2)17-36(30(39)33-23-11-10-20(3)21(4)14-23)18-29(38)34-28-16-27(22-8-6-5-7-9-22)35-37(28)24-12-13-25(31)26(32)15-24/h5-16,19H,17-18H2,1-4H3,(H,33,39)(H,34,38). The molecule has 0 fully saturated rings. The van der Waals surface area contributed by atoms with E-state index in [0.717, 1.165) is 16.7 Å². The summed E-state index contributed by atoms with van der Waals surface area (Å²) < 4.78 is 1.60. The number of rotatable bonds is 8. The van der Waals surface area contributed by atoms with E-state index in [1.54, 1.807) is 28.9 Å². The Kier molecular flexibility index (Phi) is 8.94. The quantitative estimate of drug-likeness (QED) is 0.231. The van der Waals surface area contributed by atoms with E-state index in [9.17, 15) is 9.59 Å². The summed E-state index contributed by atoms with van der Waals surface area (Å²) in [5, 5.41) is 11.4. The molecular weight excluding hydrogens is 533 g/mol. The van der Waals surface area contributed by atoms with Gasteiger partial charge in [-0.05, 0) is 61.2 Å². The summed E-state index contributed by atoms with van der Waals surface area (Å²) in [6, 6.07) is 22.0. The number of carbonyl (C=O) groups excluding carboxylic acids is 2. The molecule has 3 amide bonds. The second kappa shape index (κ2) is 12.4. The maximum absolute atomic E-state index is 13.3. The zero-order valence-corrected chi connectivity index (χ0v) is 23.8. The normalized spacial score (nSPS) is 10.9. The molecule has 39 heavy (non-hydrogen) atoms. The molecule has 3 aromatic carbocycles. The van der Waals surface area contributed by atoms with E-state index < -0.39 is 0 Å². The first-order chi connectivity index (χ1) is 18.6. The predicted octanol–water partition coefficient (Wildman–Crippen LogP) is 7.59. The number of amides is 3. The molecule has 1 aromatic heterocycles. The Morgan fingerprint density at radius 1 is 0.897 bits per heavy atom. The maximum atomic E-state index is 13.3. The van der Waals surface area contributed by atoms with Gasteiger partial charge in [0.25, 0.3) is 0 Å². The molecule has 7 nitrogen and oxygen atoms in total. The fraction of sp³-hybridized carbons (Fsp3) is 0.233. The van der Waals surface area contributed by atoms with E-state index in [-0.39, 0.29) is 24.4 Å². The van der Waals surface area contributed by atoms with Crippen molar-refractivity contribution in [3.63, 3.8) is 0 Å². The fourth-order valence-electron chi connectivity index (χ4n) is 4.07. The summed E-state index contributed by atoms with van der Waals surface area (Å²) in [6.07, 6.45) is 0. The summed E-state index contributed by atoms with van der Waals surface area (Å²) >= 11 is 12.4. The summed E-state index contributed by atoms with van der Waals surface area (Å²) in [4.78, 5) is 28.0. The molecule has 0 unspecified atom stereocenters. The van der Waals surface area contributed by atoms with Crippen LogP contribution in [0.3, 0.4) is 0 Å². The highest BCUT2D eigenvalue weighted by molar-refractivity contribution is 6.42. The fourth-order valence-corrected chi connectivity index (χ4v) is 4.36.